The molecule has 0 unspecified atom stereocenters. The zero-order valence-electron chi connectivity index (χ0n) is 19.6. The van der Waals surface area contributed by atoms with E-state index in [2.05, 4.69) is 10.1 Å². The van der Waals surface area contributed by atoms with Crippen LogP contribution in [-0.4, -0.2) is 72.4 Å². The Hall–Kier alpha value is -1.11. The van der Waals surface area contributed by atoms with E-state index in [-0.39, 0.29) is 86.5 Å². The first-order valence-electron chi connectivity index (χ1n) is 9.92. The molecule has 0 aliphatic carbocycles. The number of thiazole rings is 1. The Kier molecular flexibility index (Phi) is 10.4. The Bertz CT molecular complexity index is 1230. The number of nitrogens with zero attached hydrogens (tertiary/aromatic N) is 3. The number of carboxylic acids is 2. The number of hydrogen-bond donors (Lipinski definition) is 1. The number of carbonyl (C=O) groups excluding carboxylic acids is 5. The van der Waals surface area contributed by atoms with Crippen molar-refractivity contribution in [3.8, 4) is 0 Å². The third-order valence-electron chi connectivity index (χ3n) is 5.80. The minimum atomic E-state index is -2.40. The van der Waals surface area contributed by atoms with Gasteiger partial charge in [0.2, 0.25) is 11.6 Å². The fourth-order valence-electron chi connectivity index (χ4n) is 4.19. The number of aromatic nitrogens is 1. The van der Waals surface area contributed by atoms with Gasteiger partial charge in [0, 0.05) is 28.9 Å². The van der Waals surface area contributed by atoms with Gasteiger partial charge in [-0.15, -0.1) is 0 Å². The second kappa shape index (κ2) is 12.0. The monoisotopic (exact) mass is 592 g/mol. The van der Waals surface area contributed by atoms with Gasteiger partial charge in [-0.1, -0.05) is 28.1 Å². The molecular weight excluding hydrogens is 578 g/mol. The van der Waals surface area contributed by atoms with Crippen LogP contribution in [0.1, 0.15) is 25.5 Å². The number of halogens is 1. The maximum Gasteiger partial charge on any atom is 1.00 e. The molecule has 1 amide bonds. The molecule has 3 aliphatic rings. The molecule has 1 aromatic rings. The van der Waals surface area contributed by atoms with Gasteiger partial charge in [0.05, 0.1) is 18.3 Å². The van der Waals surface area contributed by atoms with E-state index >= 15 is 0 Å². The van der Waals surface area contributed by atoms with Gasteiger partial charge in [-0.05, 0) is 6.92 Å². The summed E-state index contributed by atoms with van der Waals surface area (Å²) >= 11 is 6.85. The average Bonchev–Trinajstić information content (AvgIpc) is 3.28. The van der Waals surface area contributed by atoms with E-state index in [1.54, 1.807) is 0 Å². The number of β-lactam (4-membered cyclic amide) rings is 1. The van der Waals surface area contributed by atoms with Gasteiger partial charge in [-0.2, -0.15) is 0 Å². The number of anilines is 1. The second-order valence-corrected chi connectivity index (χ2v) is 11.1. The van der Waals surface area contributed by atoms with Crippen molar-refractivity contribution in [2.45, 2.75) is 37.0 Å². The Balaban J connectivity index is 0.00000241. The summed E-state index contributed by atoms with van der Waals surface area (Å²) in [5.74, 6) is -8.72. The minimum absolute atomic E-state index is 0. The molecule has 4 heterocycles. The molecule has 0 spiro atoms. The molecule has 0 aromatic carbocycles. The summed E-state index contributed by atoms with van der Waals surface area (Å²) in [5.41, 5.74) is 2.42. The van der Waals surface area contributed by atoms with E-state index in [0.29, 0.717) is 4.90 Å². The van der Waals surface area contributed by atoms with Crippen molar-refractivity contribution >= 4 is 74.2 Å². The Morgan fingerprint density at radius 2 is 2.03 bits per heavy atom. The molecule has 19 heteroatoms. The number of ether oxygens (including phenoxy) is 1. The van der Waals surface area contributed by atoms with Crippen molar-refractivity contribution in [3.05, 3.63) is 10.0 Å². The molecule has 0 radical (unpaired) electrons. The number of esters is 1. The minimum Gasteiger partial charge on any atom is -0.546 e. The number of carboxylic acid groups (broad SMARTS) is 2. The van der Waals surface area contributed by atoms with Crippen LogP contribution < -0.4 is 75.1 Å². The Morgan fingerprint density at radius 1 is 1.38 bits per heavy atom. The molecule has 3 saturated heterocycles. The molecule has 1 aromatic heterocycles. The molecule has 2 N–H and O–H groups in total. The molecule has 4 rings (SSSR count). The second-order valence-electron chi connectivity index (χ2n) is 7.92. The molecular formula is C18H15ClN4Na2O10S2. The van der Waals surface area contributed by atoms with Crippen LogP contribution in [0.3, 0.4) is 0 Å². The number of nitrogens with two attached hydrogens (primary N) is 1. The van der Waals surface area contributed by atoms with Crippen molar-refractivity contribution < 1.29 is 107 Å². The molecule has 3 aliphatic heterocycles. The number of rotatable bonds is 8. The summed E-state index contributed by atoms with van der Waals surface area (Å²) in [6.07, 6.45) is -2.55. The van der Waals surface area contributed by atoms with Crippen molar-refractivity contribution in [3.63, 3.8) is 0 Å². The van der Waals surface area contributed by atoms with E-state index < -0.39 is 81.6 Å². The van der Waals surface area contributed by atoms with Crippen LogP contribution in [0.2, 0.25) is 4.34 Å². The van der Waals surface area contributed by atoms with E-state index in [0.717, 1.165) is 18.3 Å². The zero-order valence-corrected chi connectivity index (χ0v) is 26.0. The number of carbonyl (C=O) groups is 5. The summed E-state index contributed by atoms with van der Waals surface area (Å²) in [4.78, 5) is 70.1. The topological polar surface area (TPSA) is 222 Å². The number of Topliss-reactive ketones (excluding diaryl/α,β-unsaturated/α-hetero) is 1. The van der Waals surface area contributed by atoms with E-state index in [1.807, 2.05) is 0 Å². The quantitative estimate of drug-likeness (QED) is 0.0977. The van der Waals surface area contributed by atoms with Gasteiger partial charge in [0.1, 0.15) is 21.4 Å². The Labute approximate surface area is 264 Å². The van der Waals surface area contributed by atoms with Gasteiger partial charge < -0.3 is 35.1 Å². The molecule has 37 heavy (non-hydrogen) atoms. The Morgan fingerprint density at radius 3 is 2.57 bits per heavy atom. The molecule has 14 nitrogen and oxygen atoms in total. The number of amides is 1. The molecule has 0 bridgehead atoms. The number of fused-ring (bicyclic) bond motifs is 3. The third-order valence-corrected chi connectivity index (χ3v) is 8.70. The van der Waals surface area contributed by atoms with E-state index in [9.17, 15) is 38.4 Å². The number of oxime groups is 1. The first-order chi connectivity index (χ1) is 16.4. The van der Waals surface area contributed by atoms with Crippen molar-refractivity contribution in [2.24, 2.45) is 17.0 Å². The van der Waals surface area contributed by atoms with Crippen molar-refractivity contribution in [2.75, 3.05) is 11.5 Å². The average molecular weight is 593 g/mol. The molecule has 6 atom stereocenters. The van der Waals surface area contributed by atoms with Gasteiger partial charge in [0.15, 0.2) is 22.7 Å². The van der Waals surface area contributed by atoms with Crippen LogP contribution in [0, 0.1) is 11.8 Å². The summed E-state index contributed by atoms with van der Waals surface area (Å²) in [5, 5.41) is 25.1. The molecule has 188 valence electrons. The van der Waals surface area contributed by atoms with Crippen molar-refractivity contribution in [1.82, 2.24) is 9.88 Å². The normalized spacial score (nSPS) is 28.9. The fraction of sp³-hybridized carbons (Fsp3) is 0.500. The molecule has 0 saturated carbocycles. The molecule has 3 fully saturated rings. The van der Waals surface area contributed by atoms with Crippen LogP contribution in [0.4, 0.5) is 5.13 Å². The summed E-state index contributed by atoms with van der Waals surface area (Å²) in [6, 6.07) is 0. The van der Waals surface area contributed by atoms with Gasteiger partial charge >= 0.3 is 65.1 Å². The first kappa shape index (κ1) is 32.1. The number of nitrogen functional groups attached to an aromatic ring is 1. The first-order valence-corrected chi connectivity index (χ1v) is 12.5. The van der Waals surface area contributed by atoms with Gasteiger partial charge in [-0.3, -0.25) is 23.5 Å². The van der Waals surface area contributed by atoms with Crippen LogP contribution in [0.5, 0.6) is 0 Å². The van der Waals surface area contributed by atoms with Crippen LogP contribution in [-0.2, 0) is 44.3 Å². The summed E-state index contributed by atoms with van der Waals surface area (Å²) < 4.78 is 17.8. The van der Waals surface area contributed by atoms with Crippen molar-refractivity contribution in [1.29, 1.82) is 0 Å². The van der Waals surface area contributed by atoms with E-state index in [4.69, 9.17) is 26.9 Å². The van der Waals surface area contributed by atoms with Gasteiger partial charge in [0.25, 0.3) is 0 Å². The van der Waals surface area contributed by atoms with Crippen LogP contribution in [0.25, 0.3) is 0 Å². The smallest absolute Gasteiger partial charge is 0.546 e. The maximum atomic E-state index is 13.1. The number of hydrogen-bond acceptors (Lipinski definition) is 14. The standard InChI is InChI=1S/C18H17ClN4O10S2.2Na/c1-5(15(27)28)33-22-10(11-12(19)34-17(20)21-11)8(24)3-7-13(26)23-14(7)35(31)4-6-2-9(25)32-18(6,23)16(29)30;;/h5-7,14H,2-4H2,1H3,(H2,20,21)(H,27,28)(H,29,30);;/q;2*+1/p-2/b22-10+;;/t5-,6+,7-,14-,18-,35-;;/m1../s1. The maximum absolute atomic E-state index is 13.1. The summed E-state index contributed by atoms with van der Waals surface area (Å²) in [7, 11) is -1.83. The summed E-state index contributed by atoms with van der Waals surface area (Å²) in [6.45, 7) is 1.09. The van der Waals surface area contributed by atoms with E-state index in [1.165, 1.54) is 0 Å². The van der Waals surface area contributed by atoms with Crippen LogP contribution >= 0.6 is 22.9 Å². The van der Waals surface area contributed by atoms with Gasteiger partial charge in [-0.25, -0.2) is 4.98 Å². The zero-order chi connectivity index (χ0) is 25.8. The number of aliphatic carboxylic acids is 2. The SMILES string of the molecule is C[C@@H](O/N=C(\C(=O)C[C@@H]1C(=O)N2[C@@H]1[S@](=O)C[C@@H]1CC(=O)O[C@@]12C(=O)[O-])c1nc(N)sc1Cl)C(=O)[O-].[Na+].[Na+]. The predicted molar refractivity (Wildman–Crippen MR) is 112 cm³/mol. The predicted octanol–water partition coefficient (Wildman–Crippen LogP) is -9.24. The fourth-order valence-corrected chi connectivity index (χ4v) is 7.13. The largest absolute Gasteiger partial charge is 1.00 e. The number of ketones is 1. The van der Waals surface area contributed by atoms with Crippen LogP contribution in [0.15, 0.2) is 5.16 Å². The third kappa shape index (κ3) is 5.49.